The third-order valence-corrected chi connectivity index (χ3v) is 6.78. The molecule has 4 rings (SSSR count). The third kappa shape index (κ3) is 7.31. The molecule has 0 aliphatic carbocycles. The Morgan fingerprint density at radius 1 is 1.13 bits per heavy atom. The molecule has 208 valence electrons. The van der Waals surface area contributed by atoms with E-state index in [4.69, 9.17) is 18.6 Å². The summed E-state index contributed by atoms with van der Waals surface area (Å²) in [6.07, 6.45) is 0.139. The van der Waals surface area contributed by atoms with Gasteiger partial charge in [-0.15, -0.1) is 0 Å². The fraction of sp³-hybridized carbons (Fsp3) is 0.433. The number of carbonyl (C=O) groups excluding carboxylic acids is 1. The summed E-state index contributed by atoms with van der Waals surface area (Å²) in [6.45, 7) is 7.31. The van der Waals surface area contributed by atoms with E-state index >= 15 is 0 Å². The van der Waals surface area contributed by atoms with Crippen LogP contribution >= 0.6 is 0 Å². The zero-order valence-corrected chi connectivity index (χ0v) is 22.9. The first-order valence-electron chi connectivity index (χ1n) is 13.2. The molecule has 0 bridgehead atoms. The Labute approximate surface area is 228 Å². The Morgan fingerprint density at radius 2 is 1.90 bits per heavy atom. The first-order chi connectivity index (χ1) is 18.7. The number of amides is 1. The molecule has 2 atom stereocenters. The van der Waals surface area contributed by atoms with Gasteiger partial charge in [0.25, 0.3) is 0 Å². The second kappa shape index (κ2) is 12.7. The Morgan fingerprint density at radius 3 is 2.64 bits per heavy atom. The monoisotopic (exact) mass is 536 g/mol. The molecule has 9 heteroatoms. The van der Waals surface area contributed by atoms with Gasteiger partial charge < -0.3 is 28.6 Å². The number of methoxy groups -OCH3 is 1. The maximum atomic E-state index is 12.6. The van der Waals surface area contributed by atoms with Crippen molar-refractivity contribution in [1.29, 1.82) is 0 Å². The van der Waals surface area contributed by atoms with Gasteiger partial charge in [0, 0.05) is 31.0 Å². The molecule has 1 aliphatic rings. The zero-order chi connectivity index (χ0) is 27.9. The summed E-state index contributed by atoms with van der Waals surface area (Å²) in [4.78, 5) is 30.4. The van der Waals surface area contributed by atoms with Gasteiger partial charge in [-0.2, -0.15) is 0 Å². The van der Waals surface area contributed by atoms with Gasteiger partial charge in [-0.25, -0.2) is 9.78 Å². The number of carboxylic acid groups (broad SMARTS) is 1. The lowest BCUT2D eigenvalue weighted by Gasteiger charge is -2.18. The number of aliphatic carboxylic acids is 1. The number of nitrogens with zero attached hydrogens (tertiary/aromatic N) is 2. The van der Waals surface area contributed by atoms with Crippen LogP contribution < -0.4 is 9.47 Å². The molecule has 2 heterocycles. The minimum absolute atomic E-state index is 0.0230. The van der Waals surface area contributed by atoms with Gasteiger partial charge in [0.05, 0.1) is 32.4 Å². The number of oxazole rings is 1. The van der Waals surface area contributed by atoms with Crippen LogP contribution in [-0.2, 0) is 16.0 Å². The largest absolute Gasteiger partial charge is 0.497 e. The molecule has 1 aromatic heterocycles. The van der Waals surface area contributed by atoms with Gasteiger partial charge in [0.15, 0.2) is 0 Å². The highest BCUT2D eigenvalue weighted by molar-refractivity contribution is 5.70. The molecule has 1 fully saturated rings. The first kappa shape index (κ1) is 28.0. The van der Waals surface area contributed by atoms with E-state index in [0.29, 0.717) is 44.4 Å². The normalized spacial score (nSPS) is 16.9. The summed E-state index contributed by atoms with van der Waals surface area (Å²) in [5.74, 6) is 1.68. The Bertz CT molecular complexity index is 1290. The van der Waals surface area contributed by atoms with E-state index in [2.05, 4.69) is 4.98 Å². The lowest BCUT2D eigenvalue weighted by atomic mass is 9.87. The second-order valence-corrected chi connectivity index (χ2v) is 10.3. The average molecular weight is 537 g/mol. The van der Waals surface area contributed by atoms with Crippen LogP contribution in [0.1, 0.15) is 43.2 Å². The summed E-state index contributed by atoms with van der Waals surface area (Å²) < 4.78 is 22.6. The number of carboxylic acids is 1. The predicted molar refractivity (Wildman–Crippen MR) is 145 cm³/mol. The second-order valence-electron chi connectivity index (χ2n) is 10.3. The van der Waals surface area contributed by atoms with E-state index in [1.54, 1.807) is 12.0 Å². The number of rotatable bonds is 11. The molecule has 1 aliphatic heterocycles. The fourth-order valence-corrected chi connectivity index (χ4v) is 4.80. The number of hydrogen-bond acceptors (Lipinski definition) is 7. The van der Waals surface area contributed by atoms with Crippen molar-refractivity contribution in [2.75, 3.05) is 33.4 Å². The van der Waals surface area contributed by atoms with E-state index in [1.807, 2.05) is 69.3 Å². The summed E-state index contributed by atoms with van der Waals surface area (Å²) in [7, 11) is 1.62. The highest BCUT2D eigenvalue weighted by Crippen LogP contribution is 2.36. The third-order valence-electron chi connectivity index (χ3n) is 6.78. The molecule has 39 heavy (non-hydrogen) atoms. The van der Waals surface area contributed by atoms with Crippen molar-refractivity contribution >= 4 is 12.1 Å². The lowest BCUT2D eigenvalue weighted by Crippen LogP contribution is -2.30. The van der Waals surface area contributed by atoms with Crippen LogP contribution in [0.25, 0.3) is 11.5 Å². The average Bonchev–Trinajstić information content (AvgIpc) is 3.50. The molecular formula is C30H36N2O7. The number of carbonyl (C=O) groups is 2. The smallest absolute Gasteiger partial charge is 0.409 e. The standard InChI is InChI=1S/C30H36N2O7/c1-19(2)18-38-30(35)32-16-23(15-28(33)34)26(17-32)21-7-5-10-25(13-21)37-12-11-27-20(3)39-29(31-27)22-8-6-9-24(14-22)36-4/h5-10,13-14,19,23,26H,11-12,15-18H2,1-4H3,(H,33,34)/t23-,26-/m1/s1. The number of benzene rings is 2. The Kier molecular flexibility index (Phi) is 9.11. The van der Waals surface area contributed by atoms with Gasteiger partial charge in [-0.1, -0.05) is 32.0 Å². The molecule has 9 nitrogen and oxygen atoms in total. The molecule has 0 radical (unpaired) electrons. The van der Waals surface area contributed by atoms with Crippen molar-refractivity contribution in [3.63, 3.8) is 0 Å². The zero-order valence-electron chi connectivity index (χ0n) is 22.9. The summed E-state index contributed by atoms with van der Waals surface area (Å²) in [5, 5.41) is 9.46. The number of aryl methyl sites for hydroxylation is 1. The molecule has 0 unspecified atom stereocenters. The van der Waals surface area contributed by atoms with E-state index < -0.39 is 12.1 Å². The van der Waals surface area contributed by atoms with Crippen molar-refractivity contribution in [2.24, 2.45) is 11.8 Å². The minimum atomic E-state index is -0.883. The van der Waals surface area contributed by atoms with Crippen LogP contribution in [-0.4, -0.2) is 60.5 Å². The van der Waals surface area contributed by atoms with Gasteiger partial charge in [-0.05, 0) is 54.7 Å². The molecule has 1 amide bonds. The molecule has 2 aromatic carbocycles. The highest BCUT2D eigenvalue weighted by Gasteiger charge is 2.38. The molecule has 0 saturated carbocycles. The Balaban J connectivity index is 1.40. The predicted octanol–water partition coefficient (Wildman–Crippen LogP) is 5.56. The van der Waals surface area contributed by atoms with E-state index in [0.717, 1.165) is 28.3 Å². The van der Waals surface area contributed by atoms with Crippen LogP contribution in [0.2, 0.25) is 0 Å². The summed E-state index contributed by atoms with van der Waals surface area (Å²) in [6, 6.07) is 15.2. The molecular weight excluding hydrogens is 500 g/mol. The van der Waals surface area contributed by atoms with Gasteiger partial charge in [0.1, 0.15) is 17.3 Å². The summed E-state index contributed by atoms with van der Waals surface area (Å²) in [5.41, 5.74) is 2.60. The molecule has 1 saturated heterocycles. The topological polar surface area (TPSA) is 111 Å². The van der Waals surface area contributed by atoms with Gasteiger partial charge in [0.2, 0.25) is 5.89 Å². The van der Waals surface area contributed by atoms with Crippen molar-refractivity contribution in [3.8, 4) is 23.0 Å². The number of aromatic nitrogens is 1. The maximum absolute atomic E-state index is 12.6. The maximum Gasteiger partial charge on any atom is 0.409 e. The number of likely N-dealkylation sites (tertiary alicyclic amines) is 1. The van der Waals surface area contributed by atoms with E-state index in [9.17, 15) is 14.7 Å². The highest BCUT2D eigenvalue weighted by atomic mass is 16.6. The quantitative estimate of drug-likeness (QED) is 0.339. The van der Waals surface area contributed by atoms with Gasteiger partial charge in [-0.3, -0.25) is 4.79 Å². The molecule has 0 spiro atoms. The SMILES string of the molecule is COc1cccc(-c2nc(CCOc3cccc([C@H]4CN(C(=O)OCC(C)C)C[C@H]4CC(=O)O)c3)c(C)o2)c1. The van der Waals surface area contributed by atoms with E-state index in [1.165, 1.54) is 0 Å². The number of hydrogen-bond donors (Lipinski definition) is 1. The van der Waals surface area contributed by atoms with Crippen molar-refractivity contribution in [1.82, 2.24) is 9.88 Å². The van der Waals surface area contributed by atoms with Crippen molar-refractivity contribution < 1.29 is 33.3 Å². The van der Waals surface area contributed by atoms with Crippen LogP contribution in [0, 0.1) is 18.8 Å². The Hall–Kier alpha value is -4.01. The first-order valence-corrected chi connectivity index (χ1v) is 13.2. The van der Waals surface area contributed by atoms with Crippen LogP contribution in [0.3, 0.4) is 0 Å². The fourth-order valence-electron chi connectivity index (χ4n) is 4.80. The van der Waals surface area contributed by atoms with Crippen molar-refractivity contribution in [2.45, 2.75) is 39.5 Å². The summed E-state index contributed by atoms with van der Waals surface area (Å²) >= 11 is 0. The number of ether oxygens (including phenoxy) is 3. The van der Waals surface area contributed by atoms with Crippen LogP contribution in [0.15, 0.2) is 52.9 Å². The van der Waals surface area contributed by atoms with E-state index in [-0.39, 0.29) is 24.2 Å². The minimum Gasteiger partial charge on any atom is -0.497 e. The van der Waals surface area contributed by atoms with Crippen LogP contribution in [0.5, 0.6) is 11.5 Å². The lowest BCUT2D eigenvalue weighted by molar-refractivity contribution is -0.138. The van der Waals surface area contributed by atoms with Crippen LogP contribution in [0.4, 0.5) is 4.79 Å². The molecule has 1 N–H and O–H groups in total. The van der Waals surface area contributed by atoms with Crippen molar-refractivity contribution in [3.05, 3.63) is 65.5 Å². The van der Waals surface area contributed by atoms with Gasteiger partial charge >= 0.3 is 12.1 Å². The molecule has 3 aromatic rings.